The summed E-state index contributed by atoms with van der Waals surface area (Å²) in [5, 5.41) is 0. The van der Waals surface area contributed by atoms with Crippen molar-refractivity contribution in [1.29, 1.82) is 0 Å². The van der Waals surface area contributed by atoms with E-state index in [1.807, 2.05) is 18.7 Å². The summed E-state index contributed by atoms with van der Waals surface area (Å²) in [6, 6.07) is 7.22. The maximum Gasteiger partial charge on any atom is 0.0380 e. The van der Waals surface area contributed by atoms with E-state index in [-0.39, 0.29) is 6.04 Å². The first kappa shape index (κ1) is 13.2. The summed E-state index contributed by atoms with van der Waals surface area (Å²) in [7, 11) is 0. The average molecular weight is 315 g/mol. The van der Waals surface area contributed by atoms with E-state index in [4.69, 9.17) is 5.73 Å². The van der Waals surface area contributed by atoms with E-state index in [0.717, 1.165) is 11.0 Å². The lowest BCUT2D eigenvalue weighted by Crippen LogP contribution is -2.40. The van der Waals surface area contributed by atoms with E-state index >= 15 is 0 Å². The predicted octanol–water partition coefficient (Wildman–Crippen LogP) is 3.41. The smallest absolute Gasteiger partial charge is 0.0380 e. The minimum Gasteiger partial charge on any atom is -0.367 e. The third kappa shape index (κ3) is 2.98. The summed E-state index contributed by atoms with van der Waals surface area (Å²) >= 11 is 5.66. The van der Waals surface area contributed by atoms with Crippen LogP contribution < -0.4 is 10.6 Å². The number of hydrogen-bond donors (Lipinski definition) is 1. The lowest BCUT2D eigenvalue weighted by molar-refractivity contribution is 0.699. The Morgan fingerprint density at radius 2 is 2.29 bits per heavy atom. The first-order valence-electron chi connectivity index (χ1n) is 5.99. The van der Waals surface area contributed by atoms with E-state index in [1.54, 1.807) is 0 Å². The SMILES string of the molecule is CC1CSCCN1c1ccc([C@@H](C)N)c(Br)c1. The van der Waals surface area contributed by atoms with Gasteiger partial charge in [-0.3, -0.25) is 0 Å². The van der Waals surface area contributed by atoms with Crippen molar-refractivity contribution >= 4 is 33.4 Å². The molecule has 2 atom stereocenters. The summed E-state index contributed by atoms with van der Waals surface area (Å²) in [6.45, 7) is 5.44. The largest absolute Gasteiger partial charge is 0.367 e. The Labute approximate surface area is 116 Å². The molecule has 1 aromatic rings. The molecule has 1 heterocycles. The van der Waals surface area contributed by atoms with Crippen molar-refractivity contribution in [2.24, 2.45) is 5.73 Å². The summed E-state index contributed by atoms with van der Waals surface area (Å²) in [5.74, 6) is 2.43. The van der Waals surface area contributed by atoms with Crippen LogP contribution in [0.4, 0.5) is 5.69 Å². The van der Waals surface area contributed by atoms with Crippen LogP contribution in [-0.2, 0) is 0 Å². The molecule has 1 aromatic carbocycles. The second kappa shape index (κ2) is 5.63. The molecule has 2 rings (SSSR count). The highest BCUT2D eigenvalue weighted by molar-refractivity contribution is 9.10. The number of hydrogen-bond acceptors (Lipinski definition) is 3. The molecule has 0 amide bonds. The molecule has 0 bridgehead atoms. The third-order valence-corrected chi connectivity index (χ3v) is 5.05. The van der Waals surface area contributed by atoms with Gasteiger partial charge in [0.2, 0.25) is 0 Å². The molecule has 1 unspecified atom stereocenters. The average Bonchev–Trinajstić information content (AvgIpc) is 2.29. The van der Waals surface area contributed by atoms with Gasteiger partial charge in [0, 0.05) is 40.3 Å². The fraction of sp³-hybridized carbons (Fsp3) is 0.538. The number of benzene rings is 1. The van der Waals surface area contributed by atoms with Gasteiger partial charge in [-0.2, -0.15) is 11.8 Å². The molecule has 4 heteroatoms. The molecule has 0 aliphatic carbocycles. The fourth-order valence-corrected chi connectivity index (χ4v) is 3.92. The number of rotatable bonds is 2. The summed E-state index contributed by atoms with van der Waals surface area (Å²) < 4.78 is 1.12. The van der Waals surface area contributed by atoms with Crippen molar-refractivity contribution < 1.29 is 0 Å². The Kier molecular flexibility index (Phi) is 4.39. The fourth-order valence-electron chi connectivity index (χ4n) is 2.17. The molecule has 0 aromatic heterocycles. The number of thioether (sulfide) groups is 1. The summed E-state index contributed by atoms with van der Waals surface area (Å²) in [5.41, 5.74) is 8.40. The van der Waals surface area contributed by atoms with Gasteiger partial charge in [0.1, 0.15) is 0 Å². The van der Waals surface area contributed by atoms with Gasteiger partial charge in [-0.25, -0.2) is 0 Å². The highest BCUT2D eigenvalue weighted by Gasteiger charge is 2.19. The molecular formula is C13H19BrN2S. The van der Waals surface area contributed by atoms with Gasteiger partial charge in [0.25, 0.3) is 0 Å². The molecule has 0 saturated carbocycles. The molecule has 0 spiro atoms. The van der Waals surface area contributed by atoms with E-state index in [2.05, 4.69) is 46.0 Å². The van der Waals surface area contributed by atoms with Crippen LogP contribution in [0, 0.1) is 0 Å². The first-order valence-corrected chi connectivity index (χ1v) is 7.94. The van der Waals surface area contributed by atoms with Crippen molar-refractivity contribution in [3.05, 3.63) is 28.2 Å². The van der Waals surface area contributed by atoms with Crippen LogP contribution in [0.25, 0.3) is 0 Å². The summed E-state index contributed by atoms with van der Waals surface area (Å²) in [6.07, 6.45) is 0. The maximum atomic E-state index is 5.92. The Bertz CT molecular complexity index is 395. The van der Waals surface area contributed by atoms with Crippen LogP contribution in [-0.4, -0.2) is 24.1 Å². The quantitative estimate of drug-likeness (QED) is 0.907. The first-order chi connectivity index (χ1) is 8.09. The molecule has 2 N–H and O–H groups in total. The van der Waals surface area contributed by atoms with Gasteiger partial charge in [0.05, 0.1) is 0 Å². The summed E-state index contributed by atoms with van der Waals surface area (Å²) in [4.78, 5) is 2.48. The van der Waals surface area contributed by atoms with Gasteiger partial charge in [-0.05, 0) is 31.5 Å². The molecule has 2 nitrogen and oxygen atoms in total. The van der Waals surface area contributed by atoms with Crippen molar-refractivity contribution in [1.82, 2.24) is 0 Å². The second-order valence-electron chi connectivity index (χ2n) is 4.61. The number of nitrogens with zero attached hydrogens (tertiary/aromatic N) is 1. The number of anilines is 1. The molecule has 1 saturated heterocycles. The Morgan fingerprint density at radius 3 is 2.88 bits per heavy atom. The lowest BCUT2D eigenvalue weighted by atomic mass is 10.1. The Morgan fingerprint density at radius 1 is 1.53 bits per heavy atom. The highest BCUT2D eigenvalue weighted by atomic mass is 79.9. The van der Waals surface area contributed by atoms with Gasteiger partial charge in [0.15, 0.2) is 0 Å². The molecule has 1 fully saturated rings. The van der Waals surface area contributed by atoms with E-state index in [1.165, 1.54) is 22.8 Å². The Balaban J connectivity index is 2.24. The van der Waals surface area contributed by atoms with Crippen molar-refractivity contribution in [3.63, 3.8) is 0 Å². The Hall–Kier alpha value is -0.190. The molecule has 94 valence electrons. The minimum absolute atomic E-state index is 0.0766. The molecular weight excluding hydrogens is 296 g/mol. The molecule has 1 aliphatic rings. The molecule has 0 radical (unpaired) electrons. The lowest BCUT2D eigenvalue weighted by Gasteiger charge is -2.35. The molecule has 1 aliphatic heterocycles. The zero-order valence-corrected chi connectivity index (χ0v) is 12.7. The van der Waals surface area contributed by atoms with Crippen LogP contribution >= 0.6 is 27.7 Å². The monoisotopic (exact) mass is 314 g/mol. The zero-order valence-electron chi connectivity index (χ0n) is 10.3. The van der Waals surface area contributed by atoms with Gasteiger partial charge in [-0.1, -0.05) is 22.0 Å². The molecule has 17 heavy (non-hydrogen) atoms. The number of nitrogens with two attached hydrogens (primary N) is 1. The van der Waals surface area contributed by atoms with Crippen LogP contribution in [0.1, 0.15) is 25.5 Å². The predicted molar refractivity (Wildman–Crippen MR) is 80.9 cm³/mol. The van der Waals surface area contributed by atoms with E-state index in [9.17, 15) is 0 Å². The van der Waals surface area contributed by atoms with Crippen molar-refractivity contribution in [3.8, 4) is 0 Å². The minimum atomic E-state index is 0.0766. The van der Waals surface area contributed by atoms with E-state index in [0.29, 0.717) is 6.04 Å². The highest BCUT2D eigenvalue weighted by Crippen LogP contribution is 2.30. The van der Waals surface area contributed by atoms with Crippen LogP contribution in [0.3, 0.4) is 0 Å². The zero-order chi connectivity index (χ0) is 12.4. The number of halogens is 1. The third-order valence-electron chi connectivity index (χ3n) is 3.17. The van der Waals surface area contributed by atoms with Crippen LogP contribution in [0.15, 0.2) is 22.7 Å². The van der Waals surface area contributed by atoms with Gasteiger partial charge < -0.3 is 10.6 Å². The van der Waals surface area contributed by atoms with Gasteiger partial charge in [-0.15, -0.1) is 0 Å². The normalized spacial score (nSPS) is 22.6. The van der Waals surface area contributed by atoms with Crippen LogP contribution in [0.2, 0.25) is 0 Å². The van der Waals surface area contributed by atoms with Crippen molar-refractivity contribution in [2.75, 3.05) is 23.0 Å². The topological polar surface area (TPSA) is 29.3 Å². The van der Waals surface area contributed by atoms with E-state index < -0.39 is 0 Å². The van der Waals surface area contributed by atoms with Crippen molar-refractivity contribution in [2.45, 2.75) is 25.9 Å². The van der Waals surface area contributed by atoms with Gasteiger partial charge >= 0.3 is 0 Å². The second-order valence-corrected chi connectivity index (χ2v) is 6.62. The standard InChI is InChI=1S/C13H19BrN2S/c1-9-8-17-6-5-16(9)11-3-4-12(10(2)15)13(14)7-11/h3-4,7,9-10H,5-6,8,15H2,1-2H3/t9?,10-/m1/s1. The maximum absolute atomic E-state index is 5.92. The van der Waals surface area contributed by atoms with Crippen LogP contribution in [0.5, 0.6) is 0 Å².